The molecule has 8 heteroatoms. The number of benzene rings is 1. The topological polar surface area (TPSA) is 152 Å². The van der Waals surface area contributed by atoms with Gasteiger partial charge >= 0.3 is 0 Å². The Morgan fingerprint density at radius 2 is 1.70 bits per heavy atom. The van der Waals surface area contributed by atoms with Gasteiger partial charge < -0.3 is 25.5 Å². The molecule has 3 aliphatic carbocycles. The molecule has 0 amide bonds. The number of allylic oxidation sites excluding steroid dienone is 1. The smallest absolute Gasteiger partial charge is 0.209 e. The lowest BCUT2D eigenvalue weighted by Gasteiger charge is -2.63. The highest BCUT2D eigenvalue weighted by atomic mass is 16.4. The standard InChI is InChI=1S/C32H42O8/c1-9-13-29(5,6)14-19(34)21-25(36)22(15(2)3)31(8)28(39)30(7)16(4)17-11-10-12-18(33)20(17)24(35)23(30)27(38)32(31,40)26(21)37/h10-12,15-16,22,28,33,36,38-40H,9,13-14H2,1-8H3/t16-,22?,28-,30+,31+,32+/m1/s1. The van der Waals surface area contributed by atoms with E-state index < -0.39 is 80.1 Å². The number of rotatable bonds is 6. The fourth-order valence-corrected chi connectivity index (χ4v) is 8.12. The van der Waals surface area contributed by atoms with Gasteiger partial charge in [0.25, 0.3) is 0 Å². The molecule has 5 N–H and O–H groups in total. The van der Waals surface area contributed by atoms with E-state index in [0.717, 1.165) is 6.42 Å². The van der Waals surface area contributed by atoms with Crippen LogP contribution in [0.2, 0.25) is 0 Å². The normalized spacial score (nSPS) is 34.1. The van der Waals surface area contributed by atoms with E-state index in [2.05, 4.69) is 0 Å². The van der Waals surface area contributed by atoms with E-state index in [4.69, 9.17) is 0 Å². The Hall–Kier alpha value is -2.97. The van der Waals surface area contributed by atoms with Gasteiger partial charge in [-0.15, -0.1) is 0 Å². The van der Waals surface area contributed by atoms with Gasteiger partial charge in [-0.05, 0) is 35.3 Å². The summed E-state index contributed by atoms with van der Waals surface area (Å²) < 4.78 is 0. The zero-order valence-electron chi connectivity index (χ0n) is 24.6. The van der Waals surface area contributed by atoms with Crippen molar-refractivity contribution in [1.29, 1.82) is 0 Å². The Kier molecular flexibility index (Phi) is 6.96. The highest BCUT2D eigenvalue weighted by Gasteiger charge is 2.76. The summed E-state index contributed by atoms with van der Waals surface area (Å²) in [5.41, 5.74) is -7.43. The Bertz CT molecular complexity index is 1370. The van der Waals surface area contributed by atoms with Gasteiger partial charge in [-0.3, -0.25) is 14.4 Å². The van der Waals surface area contributed by atoms with Crippen molar-refractivity contribution in [3.63, 3.8) is 0 Å². The molecule has 1 aromatic carbocycles. The number of hydrogen-bond donors (Lipinski definition) is 5. The number of hydrogen-bond acceptors (Lipinski definition) is 8. The fourth-order valence-electron chi connectivity index (χ4n) is 8.12. The number of aliphatic hydroxyl groups excluding tert-OH is 3. The van der Waals surface area contributed by atoms with Crippen LogP contribution in [-0.4, -0.2) is 54.6 Å². The third-order valence-corrected chi connectivity index (χ3v) is 10.2. The number of phenolic OH excluding ortho intramolecular Hbond substituents is 1. The van der Waals surface area contributed by atoms with Crippen LogP contribution in [0.1, 0.15) is 96.5 Å². The van der Waals surface area contributed by atoms with Gasteiger partial charge in [-0.25, -0.2) is 0 Å². The molecule has 0 saturated heterocycles. The molecule has 4 rings (SSSR count). The second-order valence-electron chi connectivity index (χ2n) is 13.5. The molecule has 0 radical (unpaired) electrons. The Labute approximate surface area is 235 Å². The molecule has 40 heavy (non-hydrogen) atoms. The summed E-state index contributed by atoms with van der Waals surface area (Å²) in [5.74, 6) is -6.77. The first-order chi connectivity index (χ1) is 18.3. The minimum absolute atomic E-state index is 0.0758. The maximum absolute atomic E-state index is 14.2. The van der Waals surface area contributed by atoms with Gasteiger partial charge in [0, 0.05) is 23.2 Å². The van der Waals surface area contributed by atoms with Crippen LogP contribution in [0.25, 0.3) is 0 Å². The van der Waals surface area contributed by atoms with Crippen LogP contribution < -0.4 is 0 Å². The Morgan fingerprint density at radius 3 is 2.25 bits per heavy atom. The molecular weight excluding hydrogens is 512 g/mol. The number of fused-ring (bicyclic) bond motifs is 3. The second-order valence-corrected chi connectivity index (χ2v) is 13.5. The lowest BCUT2D eigenvalue weighted by atomic mass is 9.41. The lowest BCUT2D eigenvalue weighted by molar-refractivity contribution is -0.211. The van der Waals surface area contributed by atoms with Gasteiger partial charge in [-0.1, -0.05) is 73.9 Å². The molecule has 1 aromatic rings. The molecular formula is C32H42O8. The minimum Gasteiger partial charge on any atom is -0.511 e. The van der Waals surface area contributed by atoms with E-state index >= 15 is 0 Å². The van der Waals surface area contributed by atoms with Gasteiger partial charge in [0.05, 0.1) is 17.2 Å². The summed E-state index contributed by atoms with van der Waals surface area (Å²) in [6.45, 7) is 13.9. The molecule has 0 bridgehead atoms. The highest BCUT2D eigenvalue weighted by molar-refractivity contribution is 6.26. The molecule has 0 fully saturated rings. The van der Waals surface area contributed by atoms with Crippen molar-refractivity contribution in [1.82, 2.24) is 0 Å². The summed E-state index contributed by atoms with van der Waals surface area (Å²) in [6, 6.07) is 4.57. The van der Waals surface area contributed by atoms with Crippen molar-refractivity contribution in [2.45, 2.75) is 92.3 Å². The molecule has 3 aliphatic rings. The van der Waals surface area contributed by atoms with E-state index in [-0.39, 0.29) is 23.3 Å². The van der Waals surface area contributed by atoms with Crippen molar-refractivity contribution in [3.05, 3.63) is 52.0 Å². The van der Waals surface area contributed by atoms with Crippen molar-refractivity contribution in [2.75, 3.05) is 0 Å². The molecule has 218 valence electrons. The van der Waals surface area contributed by atoms with Crippen molar-refractivity contribution >= 4 is 17.3 Å². The maximum Gasteiger partial charge on any atom is 0.209 e. The summed E-state index contributed by atoms with van der Waals surface area (Å²) >= 11 is 0. The van der Waals surface area contributed by atoms with Gasteiger partial charge in [-0.2, -0.15) is 0 Å². The van der Waals surface area contributed by atoms with Crippen LogP contribution in [0.15, 0.2) is 40.9 Å². The predicted octanol–water partition coefficient (Wildman–Crippen LogP) is 5.07. The van der Waals surface area contributed by atoms with E-state index in [1.165, 1.54) is 13.0 Å². The number of Topliss-reactive ketones (excluding diaryl/α,β-unsaturated/α-hetero) is 3. The zero-order valence-corrected chi connectivity index (χ0v) is 24.6. The lowest BCUT2D eigenvalue weighted by Crippen LogP contribution is -2.73. The molecule has 8 nitrogen and oxygen atoms in total. The van der Waals surface area contributed by atoms with Crippen LogP contribution in [0.4, 0.5) is 0 Å². The average Bonchev–Trinajstić information content (AvgIpc) is 2.84. The Balaban J connectivity index is 2.06. The quantitative estimate of drug-likeness (QED) is 0.306. The van der Waals surface area contributed by atoms with E-state index in [0.29, 0.717) is 12.0 Å². The SMILES string of the molecule is CCCC(C)(C)CC(=O)C1=C(O)C(C(C)C)[C@@]2(C)[C@H](O)[C@]3(C)C(=C(O)[C@@]2(O)C1=O)C(=O)c1c(O)cccc1[C@H]3C. The van der Waals surface area contributed by atoms with Crippen LogP contribution >= 0.6 is 0 Å². The number of carbonyl (C=O) groups is 3. The van der Waals surface area contributed by atoms with Crippen LogP contribution in [0.3, 0.4) is 0 Å². The summed E-state index contributed by atoms with van der Waals surface area (Å²) in [4.78, 5) is 41.8. The molecule has 0 spiro atoms. The monoisotopic (exact) mass is 554 g/mol. The molecule has 1 unspecified atom stereocenters. The van der Waals surface area contributed by atoms with Crippen molar-refractivity contribution in [2.24, 2.45) is 28.1 Å². The van der Waals surface area contributed by atoms with Crippen molar-refractivity contribution in [3.8, 4) is 5.75 Å². The van der Waals surface area contributed by atoms with Gasteiger partial charge in [0.2, 0.25) is 5.78 Å². The third kappa shape index (κ3) is 3.54. The second kappa shape index (κ2) is 9.28. The number of carbonyl (C=O) groups excluding carboxylic acids is 3. The molecule has 0 aromatic heterocycles. The number of aromatic hydroxyl groups is 1. The van der Waals surface area contributed by atoms with Crippen molar-refractivity contribution < 1.29 is 39.9 Å². The van der Waals surface area contributed by atoms with E-state index in [1.807, 2.05) is 20.8 Å². The van der Waals surface area contributed by atoms with Crippen LogP contribution in [0.5, 0.6) is 5.75 Å². The third-order valence-electron chi connectivity index (χ3n) is 10.2. The van der Waals surface area contributed by atoms with Gasteiger partial charge in [0.15, 0.2) is 17.2 Å². The van der Waals surface area contributed by atoms with E-state index in [9.17, 15) is 39.9 Å². The fraction of sp³-hybridized carbons (Fsp3) is 0.594. The average molecular weight is 555 g/mol. The first-order valence-electron chi connectivity index (χ1n) is 14.1. The number of ketones is 3. The minimum atomic E-state index is -2.89. The zero-order chi connectivity index (χ0) is 30.3. The first-order valence-corrected chi connectivity index (χ1v) is 14.1. The largest absolute Gasteiger partial charge is 0.511 e. The number of phenols is 1. The van der Waals surface area contributed by atoms with E-state index in [1.54, 1.807) is 39.8 Å². The molecule has 6 atom stereocenters. The van der Waals surface area contributed by atoms with Crippen LogP contribution in [-0.2, 0) is 9.59 Å². The summed E-state index contributed by atoms with van der Waals surface area (Å²) in [7, 11) is 0. The highest BCUT2D eigenvalue weighted by Crippen LogP contribution is 2.67. The van der Waals surface area contributed by atoms with Crippen LogP contribution in [0, 0.1) is 28.1 Å². The molecule has 0 aliphatic heterocycles. The maximum atomic E-state index is 14.2. The number of aliphatic hydroxyl groups is 4. The first kappa shape index (κ1) is 30.0. The summed E-state index contributed by atoms with van der Waals surface area (Å²) in [5, 5.41) is 58.6. The predicted molar refractivity (Wildman–Crippen MR) is 149 cm³/mol. The molecule has 0 heterocycles. The van der Waals surface area contributed by atoms with Gasteiger partial charge in [0.1, 0.15) is 22.8 Å². The summed E-state index contributed by atoms with van der Waals surface area (Å²) in [6.07, 6.45) is -0.240. The Morgan fingerprint density at radius 1 is 1.10 bits per heavy atom. The molecule has 0 saturated carbocycles.